The molecular weight excluding hydrogens is 276 g/mol. The van der Waals surface area contributed by atoms with E-state index in [0.29, 0.717) is 0 Å². The van der Waals surface area contributed by atoms with Crippen LogP contribution in [0.1, 0.15) is 18.3 Å². The molecule has 1 aliphatic carbocycles. The molecule has 1 spiro atoms. The number of carbonyl (C=O) groups is 2. The molecule has 0 radical (unpaired) electrons. The molecule has 6 heteroatoms. The molecule has 0 bridgehead atoms. The lowest BCUT2D eigenvalue weighted by Crippen LogP contribution is -2.61. The number of ether oxygens (including phenoxy) is 2. The van der Waals surface area contributed by atoms with Crippen molar-refractivity contribution in [3.63, 3.8) is 0 Å². The molecule has 1 saturated carbocycles. The van der Waals surface area contributed by atoms with Gasteiger partial charge in [0.25, 0.3) is 0 Å². The lowest BCUT2D eigenvalue weighted by atomic mass is 9.54. The fourth-order valence-corrected chi connectivity index (χ4v) is 3.29. The Hall–Kier alpha value is -1.92. The van der Waals surface area contributed by atoms with Gasteiger partial charge in [0.05, 0.1) is 25.0 Å². The van der Waals surface area contributed by atoms with Crippen LogP contribution >= 0.6 is 0 Å². The number of rotatable bonds is 3. The molecule has 1 aliphatic heterocycles. The quantitative estimate of drug-likeness (QED) is 0.877. The predicted molar refractivity (Wildman–Crippen MR) is 70.4 cm³/mol. The van der Waals surface area contributed by atoms with Crippen molar-refractivity contribution in [2.24, 2.45) is 17.3 Å². The lowest BCUT2D eigenvalue weighted by molar-refractivity contribution is -0.277. The average Bonchev–Trinajstić information content (AvgIpc) is 2.45. The molecule has 6 nitrogen and oxygen atoms in total. The van der Waals surface area contributed by atoms with Crippen molar-refractivity contribution in [1.82, 2.24) is 0 Å². The largest absolute Gasteiger partial charge is 0.481 e. The molecule has 2 fully saturated rings. The number of carboxylic acid groups (broad SMARTS) is 2. The Morgan fingerprint density at radius 2 is 1.67 bits per heavy atom. The molecule has 2 aliphatic rings. The summed E-state index contributed by atoms with van der Waals surface area (Å²) in [4.78, 5) is 22.4. The van der Waals surface area contributed by atoms with Crippen molar-refractivity contribution in [2.75, 3.05) is 13.2 Å². The Bertz CT molecular complexity index is 547. The molecule has 3 rings (SSSR count). The van der Waals surface area contributed by atoms with Gasteiger partial charge in [-0.2, -0.15) is 0 Å². The highest BCUT2D eigenvalue weighted by Crippen LogP contribution is 2.54. The van der Waals surface area contributed by atoms with Crippen molar-refractivity contribution >= 4 is 11.9 Å². The second kappa shape index (κ2) is 5.13. The Morgan fingerprint density at radius 1 is 1.05 bits per heavy atom. The molecule has 0 aromatic heterocycles. The van der Waals surface area contributed by atoms with E-state index in [1.54, 1.807) is 0 Å². The topological polar surface area (TPSA) is 93.1 Å². The smallest absolute Gasteiger partial charge is 0.308 e. The fraction of sp³-hybridized carbons (Fsp3) is 0.467. The number of aliphatic carboxylic acids is 2. The van der Waals surface area contributed by atoms with Crippen molar-refractivity contribution in [2.45, 2.75) is 12.7 Å². The monoisotopic (exact) mass is 292 g/mol. The summed E-state index contributed by atoms with van der Waals surface area (Å²) >= 11 is 0. The van der Waals surface area contributed by atoms with E-state index in [1.807, 2.05) is 30.3 Å². The van der Waals surface area contributed by atoms with Gasteiger partial charge in [0.15, 0.2) is 6.29 Å². The van der Waals surface area contributed by atoms with E-state index >= 15 is 0 Å². The molecular formula is C15H16O6. The summed E-state index contributed by atoms with van der Waals surface area (Å²) in [5.74, 6) is -3.98. The molecule has 21 heavy (non-hydrogen) atoms. The number of benzene rings is 1. The van der Waals surface area contributed by atoms with Gasteiger partial charge in [-0.3, -0.25) is 9.59 Å². The van der Waals surface area contributed by atoms with Crippen LogP contribution in [0.4, 0.5) is 0 Å². The molecule has 2 atom stereocenters. The molecule has 0 unspecified atom stereocenters. The zero-order valence-corrected chi connectivity index (χ0v) is 11.3. The van der Waals surface area contributed by atoms with Crippen molar-refractivity contribution < 1.29 is 29.3 Å². The summed E-state index contributed by atoms with van der Waals surface area (Å²) in [6.45, 7) is 0.403. The van der Waals surface area contributed by atoms with Crippen LogP contribution in [-0.4, -0.2) is 35.4 Å². The minimum absolute atomic E-state index is 0.202. The maximum absolute atomic E-state index is 11.3. The van der Waals surface area contributed by atoms with Crippen LogP contribution < -0.4 is 0 Å². The van der Waals surface area contributed by atoms with Gasteiger partial charge in [-0.05, 0) is 6.42 Å². The van der Waals surface area contributed by atoms with Gasteiger partial charge < -0.3 is 19.7 Å². The average molecular weight is 292 g/mol. The van der Waals surface area contributed by atoms with Gasteiger partial charge in [0, 0.05) is 11.0 Å². The first kappa shape index (κ1) is 14.0. The normalized spacial score (nSPS) is 35.1. The predicted octanol–water partition coefficient (Wildman–Crippen LogP) is 1.52. The van der Waals surface area contributed by atoms with E-state index < -0.39 is 35.5 Å². The third kappa shape index (κ3) is 2.30. The molecule has 1 saturated heterocycles. The lowest BCUT2D eigenvalue weighted by Gasteiger charge is -2.53. The summed E-state index contributed by atoms with van der Waals surface area (Å²) in [5, 5.41) is 18.3. The highest BCUT2D eigenvalue weighted by atomic mass is 16.7. The summed E-state index contributed by atoms with van der Waals surface area (Å²) in [7, 11) is 0. The molecule has 2 N–H and O–H groups in total. The zero-order valence-electron chi connectivity index (χ0n) is 11.3. The SMILES string of the molecule is O=C(O)[C@@H]1CC2(COC(c3ccccc3)OC2)[C@H]1C(=O)O. The van der Waals surface area contributed by atoms with Gasteiger partial charge in [-0.15, -0.1) is 0 Å². The van der Waals surface area contributed by atoms with Crippen LogP contribution in [0.3, 0.4) is 0 Å². The summed E-state index contributed by atoms with van der Waals surface area (Å²) in [6.07, 6.45) is -0.240. The third-order valence-electron chi connectivity index (χ3n) is 4.39. The van der Waals surface area contributed by atoms with Crippen LogP contribution in [0, 0.1) is 17.3 Å². The maximum Gasteiger partial charge on any atom is 0.308 e. The second-order valence-electron chi connectivity index (χ2n) is 5.69. The van der Waals surface area contributed by atoms with Gasteiger partial charge in [-0.1, -0.05) is 30.3 Å². The Kier molecular flexibility index (Phi) is 3.43. The zero-order chi connectivity index (χ0) is 15.0. The number of carboxylic acids is 2. The minimum Gasteiger partial charge on any atom is -0.481 e. The van der Waals surface area contributed by atoms with E-state index in [-0.39, 0.29) is 19.6 Å². The van der Waals surface area contributed by atoms with E-state index in [2.05, 4.69) is 0 Å². The molecule has 1 aromatic carbocycles. The van der Waals surface area contributed by atoms with Crippen LogP contribution in [0.25, 0.3) is 0 Å². The van der Waals surface area contributed by atoms with Crippen LogP contribution in [-0.2, 0) is 19.1 Å². The fourth-order valence-electron chi connectivity index (χ4n) is 3.29. The summed E-state index contributed by atoms with van der Waals surface area (Å²) < 4.78 is 11.3. The Labute approximate surface area is 121 Å². The van der Waals surface area contributed by atoms with Crippen LogP contribution in [0.5, 0.6) is 0 Å². The standard InChI is InChI=1S/C15H16O6/c16-12(17)10-6-15(11(10)13(18)19)7-20-14(21-8-15)9-4-2-1-3-5-9/h1-5,10-11,14H,6-8H2,(H,16,17)(H,18,19)/t10-,11-,14?,15?/m1/s1. The van der Waals surface area contributed by atoms with Crippen molar-refractivity contribution in [3.8, 4) is 0 Å². The number of hydrogen-bond donors (Lipinski definition) is 2. The Balaban J connectivity index is 1.70. The first-order valence-corrected chi connectivity index (χ1v) is 6.77. The highest BCUT2D eigenvalue weighted by molar-refractivity contribution is 5.83. The van der Waals surface area contributed by atoms with E-state index in [4.69, 9.17) is 14.6 Å². The number of hydrogen-bond acceptors (Lipinski definition) is 4. The van der Waals surface area contributed by atoms with Gasteiger partial charge in [0.2, 0.25) is 0 Å². The molecule has 1 heterocycles. The van der Waals surface area contributed by atoms with Gasteiger partial charge in [-0.25, -0.2) is 0 Å². The summed E-state index contributed by atoms with van der Waals surface area (Å²) in [6, 6.07) is 9.38. The van der Waals surface area contributed by atoms with Crippen LogP contribution in [0.15, 0.2) is 30.3 Å². The van der Waals surface area contributed by atoms with Gasteiger partial charge in [0.1, 0.15) is 0 Å². The van der Waals surface area contributed by atoms with Crippen molar-refractivity contribution in [3.05, 3.63) is 35.9 Å². The molecule has 0 amide bonds. The van der Waals surface area contributed by atoms with E-state index in [0.717, 1.165) is 5.56 Å². The van der Waals surface area contributed by atoms with Crippen LogP contribution in [0.2, 0.25) is 0 Å². The first-order chi connectivity index (χ1) is 10.0. The maximum atomic E-state index is 11.3. The molecule has 112 valence electrons. The van der Waals surface area contributed by atoms with Gasteiger partial charge >= 0.3 is 11.9 Å². The highest BCUT2D eigenvalue weighted by Gasteiger charge is 2.62. The first-order valence-electron chi connectivity index (χ1n) is 6.77. The minimum atomic E-state index is -1.10. The third-order valence-corrected chi connectivity index (χ3v) is 4.39. The Morgan fingerprint density at radius 3 is 2.19 bits per heavy atom. The van der Waals surface area contributed by atoms with E-state index in [1.165, 1.54) is 0 Å². The second-order valence-corrected chi connectivity index (χ2v) is 5.69. The van der Waals surface area contributed by atoms with Crippen molar-refractivity contribution in [1.29, 1.82) is 0 Å². The van der Waals surface area contributed by atoms with E-state index in [9.17, 15) is 14.7 Å². The molecule has 1 aromatic rings. The summed E-state index contributed by atoms with van der Waals surface area (Å²) in [5.41, 5.74) is 0.147.